The van der Waals surface area contributed by atoms with Crippen LogP contribution in [0.5, 0.6) is 5.75 Å². The summed E-state index contributed by atoms with van der Waals surface area (Å²) in [5.74, 6) is 0.696. The van der Waals surface area contributed by atoms with Crippen molar-refractivity contribution in [2.45, 2.75) is 45.1 Å². The largest absolute Gasteiger partial charge is 0.494 e. The van der Waals surface area contributed by atoms with Crippen molar-refractivity contribution in [2.24, 2.45) is 0 Å². The summed E-state index contributed by atoms with van der Waals surface area (Å²) in [4.78, 5) is 23.9. The van der Waals surface area contributed by atoms with Gasteiger partial charge in [-0.2, -0.15) is 0 Å². The molecule has 1 aliphatic heterocycles. The van der Waals surface area contributed by atoms with Crippen molar-refractivity contribution in [3.63, 3.8) is 0 Å². The zero-order valence-corrected chi connectivity index (χ0v) is 13.8. The standard InChI is InChI=1S/C18H26N2O3/c1-2-12-23-16-7-5-14(6-8-16)17(21)9-10-18(22)20-13-15-4-3-11-19-15/h5-8,15,19H,2-4,9-13H2,1H3,(H,20,22). The maximum atomic E-state index is 12.1. The van der Waals surface area contributed by atoms with Crippen LogP contribution in [0.2, 0.25) is 0 Å². The van der Waals surface area contributed by atoms with Crippen LogP contribution in [-0.4, -0.2) is 37.4 Å². The fourth-order valence-electron chi connectivity index (χ4n) is 2.58. The fraction of sp³-hybridized carbons (Fsp3) is 0.556. The Morgan fingerprint density at radius 1 is 1.26 bits per heavy atom. The first-order valence-corrected chi connectivity index (χ1v) is 8.45. The second-order valence-electron chi connectivity index (χ2n) is 5.89. The molecule has 1 saturated heterocycles. The first-order valence-electron chi connectivity index (χ1n) is 8.45. The third-order valence-electron chi connectivity index (χ3n) is 3.94. The summed E-state index contributed by atoms with van der Waals surface area (Å²) in [5.41, 5.74) is 0.624. The fourth-order valence-corrected chi connectivity index (χ4v) is 2.58. The molecule has 1 atom stereocenters. The van der Waals surface area contributed by atoms with Gasteiger partial charge in [0.25, 0.3) is 0 Å². The van der Waals surface area contributed by atoms with E-state index in [9.17, 15) is 9.59 Å². The Morgan fingerprint density at radius 2 is 2.04 bits per heavy atom. The van der Waals surface area contributed by atoms with Crippen molar-refractivity contribution < 1.29 is 14.3 Å². The maximum absolute atomic E-state index is 12.1. The molecule has 0 spiro atoms. The Hall–Kier alpha value is -1.88. The van der Waals surface area contributed by atoms with E-state index in [4.69, 9.17) is 4.74 Å². The molecule has 1 aromatic rings. The highest BCUT2D eigenvalue weighted by atomic mass is 16.5. The van der Waals surface area contributed by atoms with Crippen LogP contribution < -0.4 is 15.4 Å². The van der Waals surface area contributed by atoms with Crippen molar-refractivity contribution in [3.8, 4) is 5.75 Å². The van der Waals surface area contributed by atoms with Gasteiger partial charge in [-0.15, -0.1) is 0 Å². The number of ketones is 1. The summed E-state index contributed by atoms with van der Waals surface area (Å²) >= 11 is 0. The van der Waals surface area contributed by atoms with Gasteiger partial charge in [-0.05, 0) is 50.1 Å². The molecule has 1 heterocycles. The van der Waals surface area contributed by atoms with E-state index in [-0.39, 0.29) is 24.5 Å². The van der Waals surface area contributed by atoms with Gasteiger partial charge in [-0.1, -0.05) is 6.92 Å². The zero-order valence-electron chi connectivity index (χ0n) is 13.8. The molecule has 0 bridgehead atoms. The average Bonchev–Trinajstić information content (AvgIpc) is 3.10. The third kappa shape index (κ3) is 6.02. The summed E-state index contributed by atoms with van der Waals surface area (Å²) in [6.07, 6.45) is 3.69. The van der Waals surface area contributed by atoms with E-state index in [2.05, 4.69) is 10.6 Å². The van der Waals surface area contributed by atoms with Crippen LogP contribution in [-0.2, 0) is 4.79 Å². The number of Topliss-reactive ketones (excluding diaryl/α,β-unsaturated/α-hetero) is 1. The molecule has 126 valence electrons. The second-order valence-corrected chi connectivity index (χ2v) is 5.89. The number of benzene rings is 1. The van der Waals surface area contributed by atoms with Gasteiger partial charge in [0.15, 0.2) is 5.78 Å². The topological polar surface area (TPSA) is 67.4 Å². The van der Waals surface area contributed by atoms with Crippen LogP contribution in [0.1, 0.15) is 49.4 Å². The van der Waals surface area contributed by atoms with Gasteiger partial charge in [-0.25, -0.2) is 0 Å². The maximum Gasteiger partial charge on any atom is 0.220 e. The molecule has 5 nitrogen and oxygen atoms in total. The lowest BCUT2D eigenvalue weighted by Gasteiger charge is -2.11. The lowest BCUT2D eigenvalue weighted by Crippen LogP contribution is -2.37. The molecule has 23 heavy (non-hydrogen) atoms. The summed E-state index contributed by atoms with van der Waals surface area (Å²) in [6, 6.07) is 7.50. The Balaban J connectivity index is 1.69. The van der Waals surface area contributed by atoms with Crippen LogP contribution in [0.4, 0.5) is 0 Å². The Morgan fingerprint density at radius 3 is 2.70 bits per heavy atom. The highest BCUT2D eigenvalue weighted by Crippen LogP contribution is 2.14. The van der Waals surface area contributed by atoms with Gasteiger partial charge < -0.3 is 15.4 Å². The van der Waals surface area contributed by atoms with E-state index in [1.54, 1.807) is 24.3 Å². The molecular weight excluding hydrogens is 292 g/mol. The van der Waals surface area contributed by atoms with Crippen molar-refractivity contribution in [2.75, 3.05) is 19.7 Å². The molecule has 2 rings (SSSR count). The average molecular weight is 318 g/mol. The normalized spacial score (nSPS) is 17.0. The number of ether oxygens (including phenoxy) is 1. The van der Waals surface area contributed by atoms with Gasteiger partial charge >= 0.3 is 0 Å². The minimum atomic E-state index is -0.0602. The van der Waals surface area contributed by atoms with E-state index >= 15 is 0 Å². The molecule has 1 aliphatic rings. The quantitative estimate of drug-likeness (QED) is 0.686. The van der Waals surface area contributed by atoms with Crippen LogP contribution >= 0.6 is 0 Å². The summed E-state index contributed by atoms with van der Waals surface area (Å²) < 4.78 is 5.49. The zero-order chi connectivity index (χ0) is 16.5. The van der Waals surface area contributed by atoms with Gasteiger partial charge in [0.2, 0.25) is 5.91 Å². The van der Waals surface area contributed by atoms with Gasteiger partial charge in [-0.3, -0.25) is 9.59 Å². The predicted molar refractivity (Wildman–Crippen MR) is 89.8 cm³/mol. The Bertz CT molecular complexity index is 508. The Kier molecular flexibility index (Phi) is 7.07. The van der Waals surface area contributed by atoms with E-state index in [1.165, 1.54) is 0 Å². The molecule has 1 unspecified atom stereocenters. The number of amides is 1. The van der Waals surface area contributed by atoms with E-state index in [1.807, 2.05) is 6.92 Å². The molecule has 0 radical (unpaired) electrons. The van der Waals surface area contributed by atoms with E-state index in [0.717, 1.165) is 31.6 Å². The second kappa shape index (κ2) is 9.30. The number of hydrogen-bond acceptors (Lipinski definition) is 4. The molecular formula is C18H26N2O3. The van der Waals surface area contributed by atoms with Crippen molar-refractivity contribution in [3.05, 3.63) is 29.8 Å². The predicted octanol–water partition coefficient (Wildman–Crippen LogP) is 2.31. The molecule has 1 aromatic carbocycles. The highest BCUT2D eigenvalue weighted by molar-refractivity contribution is 5.98. The number of carbonyl (C=O) groups is 2. The minimum Gasteiger partial charge on any atom is -0.494 e. The number of hydrogen-bond donors (Lipinski definition) is 2. The van der Waals surface area contributed by atoms with Crippen LogP contribution in [0, 0.1) is 0 Å². The van der Waals surface area contributed by atoms with Gasteiger partial charge in [0.05, 0.1) is 6.61 Å². The van der Waals surface area contributed by atoms with E-state index < -0.39 is 0 Å². The smallest absolute Gasteiger partial charge is 0.220 e. The van der Waals surface area contributed by atoms with Gasteiger partial charge in [0, 0.05) is 31.0 Å². The number of carbonyl (C=O) groups excluding carboxylic acids is 2. The molecule has 1 amide bonds. The number of nitrogens with one attached hydrogen (secondary N) is 2. The summed E-state index contributed by atoms with van der Waals surface area (Å²) in [5, 5.41) is 6.22. The van der Waals surface area contributed by atoms with Gasteiger partial charge in [0.1, 0.15) is 5.75 Å². The lowest BCUT2D eigenvalue weighted by atomic mass is 10.1. The first kappa shape index (κ1) is 17.5. The monoisotopic (exact) mass is 318 g/mol. The summed E-state index contributed by atoms with van der Waals surface area (Å²) in [6.45, 7) is 4.39. The van der Waals surface area contributed by atoms with E-state index in [0.29, 0.717) is 24.8 Å². The Labute approximate surface area is 137 Å². The minimum absolute atomic E-state index is 0.0128. The van der Waals surface area contributed by atoms with Crippen molar-refractivity contribution in [1.82, 2.24) is 10.6 Å². The summed E-state index contributed by atoms with van der Waals surface area (Å²) in [7, 11) is 0. The number of rotatable bonds is 9. The molecule has 0 aromatic heterocycles. The molecule has 1 fully saturated rings. The molecule has 0 aliphatic carbocycles. The third-order valence-corrected chi connectivity index (χ3v) is 3.94. The van der Waals surface area contributed by atoms with Crippen molar-refractivity contribution in [1.29, 1.82) is 0 Å². The van der Waals surface area contributed by atoms with Crippen LogP contribution in [0.3, 0.4) is 0 Å². The molecule has 5 heteroatoms. The lowest BCUT2D eigenvalue weighted by molar-refractivity contribution is -0.121. The molecule has 2 N–H and O–H groups in total. The first-order chi connectivity index (χ1) is 11.2. The SMILES string of the molecule is CCCOc1ccc(C(=O)CCC(=O)NCC2CCCN2)cc1. The molecule has 0 saturated carbocycles. The highest BCUT2D eigenvalue weighted by Gasteiger charge is 2.15. The van der Waals surface area contributed by atoms with Crippen LogP contribution in [0.15, 0.2) is 24.3 Å². The van der Waals surface area contributed by atoms with Crippen molar-refractivity contribution >= 4 is 11.7 Å². The van der Waals surface area contributed by atoms with Crippen LogP contribution in [0.25, 0.3) is 0 Å².